The summed E-state index contributed by atoms with van der Waals surface area (Å²) in [4.78, 5) is 12.0. The van der Waals surface area contributed by atoms with E-state index in [1.54, 1.807) is 7.11 Å². The third-order valence-electron chi connectivity index (χ3n) is 3.66. The summed E-state index contributed by atoms with van der Waals surface area (Å²) in [5.41, 5.74) is 3.39. The zero-order chi connectivity index (χ0) is 16.5. The number of nitrogens with zero attached hydrogens (tertiary/aromatic N) is 3. The first-order valence-corrected chi connectivity index (χ1v) is 7.87. The molecule has 4 heteroatoms. The van der Waals surface area contributed by atoms with Crippen LogP contribution in [0.5, 0.6) is 0 Å². The van der Waals surface area contributed by atoms with Crippen LogP contribution in [-0.2, 0) is 17.9 Å². The second kappa shape index (κ2) is 9.08. The lowest BCUT2D eigenvalue weighted by Gasteiger charge is -2.19. The predicted octanol–water partition coefficient (Wildman–Crippen LogP) is 3.86. The Morgan fingerprint density at radius 3 is 2.13 bits per heavy atom. The van der Waals surface area contributed by atoms with E-state index in [-0.39, 0.29) is 0 Å². The summed E-state index contributed by atoms with van der Waals surface area (Å²) >= 11 is 0. The second-order valence-electron chi connectivity index (χ2n) is 5.45. The molecule has 4 nitrogen and oxygen atoms in total. The van der Waals surface area contributed by atoms with Gasteiger partial charge in [-0.3, -0.25) is 0 Å². The average Bonchev–Trinajstić information content (AvgIpc) is 2.61. The molecule has 2 rings (SSSR count). The number of benzene rings is 2. The highest BCUT2D eigenvalue weighted by atomic mass is 16.7. The smallest absolute Gasteiger partial charge is 0.0909 e. The standard InChI is InChI=1S/C19H25N3O/c1-4-21(2)16-20-19-12-10-18(11-13-19)15-22(23-3)14-17-8-6-5-7-9-17/h5-13,16H,4,14-15H2,1-3H3/b20-16+. The molecule has 0 aromatic heterocycles. The summed E-state index contributed by atoms with van der Waals surface area (Å²) in [5.74, 6) is 0. The third-order valence-corrected chi connectivity index (χ3v) is 3.66. The number of aliphatic imine (C=N–C) groups is 1. The van der Waals surface area contributed by atoms with E-state index in [1.165, 1.54) is 11.1 Å². The van der Waals surface area contributed by atoms with Crippen molar-refractivity contribution in [1.82, 2.24) is 9.96 Å². The van der Waals surface area contributed by atoms with Crippen LogP contribution in [0.25, 0.3) is 0 Å². The normalized spacial score (nSPS) is 11.3. The van der Waals surface area contributed by atoms with Gasteiger partial charge in [0.25, 0.3) is 0 Å². The van der Waals surface area contributed by atoms with Gasteiger partial charge in [0.2, 0.25) is 0 Å². The molecular formula is C19H25N3O. The molecule has 0 fully saturated rings. The number of hydroxylamine groups is 2. The Hall–Kier alpha value is -2.17. The van der Waals surface area contributed by atoms with Crippen molar-refractivity contribution in [2.24, 2.45) is 4.99 Å². The lowest BCUT2D eigenvalue weighted by Crippen LogP contribution is -2.21. The van der Waals surface area contributed by atoms with Crippen LogP contribution in [0, 0.1) is 0 Å². The highest BCUT2D eigenvalue weighted by molar-refractivity contribution is 5.60. The second-order valence-corrected chi connectivity index (χ2v) is 5.45. The maximum atomic E-state index is 5.48. The molecule has 2 aromatic rings. The number of rotatable bonds is 8. The Morgan fingerprint density at radius 2 is 1.57 bits per heavy atom. The first-order valence-electron chi connectivity index (χ1n) is 7.87. The number of hydrogen-bond acceptors (Lipinski definition) is 3. The van der Waals surface area contributed by atoms with E-state index < -0.39 is 0 Å². The van der Waals surface area contributed by atoms with Crippen LogP contribution in [0.4, 0.5) is 5.69 Å². The molecule has 2 aromatic carbocycles. The van der Waals surface area contributed by atoms with Crippen molar-refractivity contribution in [1.29, 1.82) is 0 Å². The van der Waals surface area contributed by atoms with Gasteiger partial charge < -0.3 is 9.74 Å². The third kappa shape index (κ3) is 5.85. The predicted molar refractivity (Wildman–Crippen MR) is 95.6 cm³/mol. The molecule has 0 spiro atoms. The van der Waals surface area contributed by atoms with E-state index in [0.29, 0.717) is 0 Å². The van der Waals surface area contributed by atoms with Crippen molar-refractivity contribution in [3.05, 3.63) is 65.7 Å². The molecule has 0 saturated carbocycles. The highest BCUT2D eigenvalue weighted by Crippen LogP contribution is 2.15. The van der Waals surface area contributed by atoms with Gasteiger partial charge in [0, 0.05) is 26.7 Å². The van der Waals surface area contributed by atoms with Crippen LogP contribution < -0.4 is 0 Å². The van der Waals surface area contributed by atoms with Crippen LogP contribution in [-0.4, -0.2) is 37.0 Å². The molecule has 0 unspecified atom stereocenters. The molecule has 0 heterocycles. The SMILES string of the molecule is CCN(C)/C=N/c1ccc(CN(Cc2ccccc2)OC)cc1. The topological polar surface area (TPSA) is 28.1 Å². The summed E-state index contributed by atoms with van der Waals surface area (Å²) in [6.07, 6.45) is 1.85. The molecule has 0 atom stereocenters. The molecule has 23 heavy (non-hydrogen) atoms. The van der Waals surface area contributed by atoms with Gasteiger partial charge in [-0.15, -0.1) is 0 Å². The Labute approximate surface area is 139 Å². The van der Waals surface area contributed by atoms with Crippen molar-refractivity contribution in [2.75, 3.05) is 20.7 Å². The zero-order valence-electron chi connectivity index (χ0n) is 14.1. The summed E-state index contributed by atoms with van der Waals surface area (Å²) < 4.78 is 0. The fraction of sp³-hybridized carbons (Fsp3) is 0.316. The zero-order valence-corrected chi connectivity index (χ0v) is 14.1. The summed E-state index contributed by atoms with van der Waals surface area (Å²) in [6, 6.07) is 18.6. The summed E-state index contributed by atoms with van der Waals surface area (Å²) in [6.45, 7) is 4.55. The fourth-order valence-electron chi connectivity index (χ4n) is 2.11. The Morgan fingerprint density at radius 1 is 0.957 bits per heavy atom. The maximum Gasteiger partial charge on any atom is 0.0909 e. The molecule has 0 aliphatic rings. The van der Waals surface area contributed by atoms with E-state index in [0.717, 1.165) is 25.3 Å². The van der Waals surface area contributed by atoms with E-state index in [2.05, 4.69) is 36.2 Å². The fourth-order valence-corrected chi connectivity index (χ4v) is 2.11. The minimum absolute atomic E-state index is 0.740. The van der Waals surface area contributed by atoms with Gasteiger partial charge in [0.1, 0.15) is 0 Å². The van der Waals surface area contributed by atoms with E-state index in [1.807, 2.05) is 53.7 Å². The van der Waals surface area contributed by atoms with Gasteiger partial charge in [0.05, 0.1) is 19.1 Å². The first-order chi connectivity index (χ1) is 11.2. The molecule has 0 radical (unpaired) electrons. The number of hydrogen-bond donors (Lipinski definition) is 0. The van der Waals surface area contributed by atoms with Gasteiger partial charge in [-0.2, -0.15) is 5.06 Å². The molecular weight excluding hydrogens is 286 g/mol. The van der Waals surface area contributed by atoms with Crippen LogP contribution in [0.3, 0.4) is 0 Å². The molecule has 0 aliphatic heterocycles. The first kappa shape index (κ1) is 17.2. The molecule has 0 N–H and O–H groups in total. The van der Waals surface area contributed by atoms with Crippen molar-refractivity contribution >= 4 is 12.0 Å². The lowest BCUT2D eigenvalue weighted by atomic mass is 10.2. The van der Waals surface area contributed by atoms with Crippen LogP contribution in [0.15, 0.2) is 59.6 Å². The average molecular weight is 311 g/mol. The van der Waals surface area contributed by atoms with E-state index >= 15 is 0 Å². The molecule has 0 aliphatic carbocycles. The summed E-state index contributed by atoms with van der Waals surface area (Å²) in [7, 11) is 3.72. The Balaban J connectivity index is 1.94. The molecule has 122 valence electrons. The van der Waals surface area contributed by atoms with Crippen molar-refractivity contribution < 1.29 is 4.84 Å². The largest absolute Gasteiger partial charge is 0.366 e. The van der Waals surface area contributed by atoms with Crippen molar-refractivity contribution in [2.45, 2.75) is 20.0 Å². The van der Waals surface area contributed by atoms with Crippen LogP contribution >= 0.6 is 0 Å². The highest BCUT2D eigenvalue weighted by Gasteiger charge is 2.06. The van der Waals surface area contributed by atoms with Gasteiger partial charge >= 0.3 is 0 Å². The van der Waals surface area contributed by atoms with Gasteiger partial charge in [-0.25, -0.2) is 4.99 Å². The minimum atomic E-state index is 0.740. The van der Waals surface area contributed by atoms with Crippen LogP contribution in [0.1, 0.15) is 18.1 Å². The quantitative estimate of drug-likeness (QED) is 0.421. The van der Waals surface area contributed by atoms with Gasteiger partial charge in [-0.05, 0) is 30.2 Å². The molecule has 0 bridgehead atoms. The lowest BCUT2D eigenvalue weighted by molar-refractivity contribution is -0.146. The van der Waals surface area contributed by atoms with E-state index in [9.17, 15) is 0 Å². The van der Waals surface area contributed by atoms with Crippen molar-refractivity contribution in [3.8, 4) is 0 Å². The maximum absolute atomic E-state index is 5.48. The molecule has 0 amide bonds. The summed E-state index contributed by atoms with van der Waals surface area (Å²) in [5, 5.41) is 1.94. The molecule has 0 saturated heterocycles. The van der Waals surface area contributed by atoms with E-state index in [4.69, 9.17) is 4.84 Å². The Bertz CT molecular complexity index is 596. The Kier molecular flexibility index (Phi) is 6.78. The minimum Gasteiger partial charge on any atom is -0.366 e. The monoisotopic (exact) mass is 311 g/mol. The van der Waals surface area contributed by atoms with Crippen LogP contribution in [0.2, 0.25) is 0 Å². The van der Waals surface area contributed by atoms with Crippen molar-refractivity contribution in [3.63, 3.8) is 0 Å². The van der Waals surface area contributed by atoms with Gasteiger partial charge in [0.15, 0.2) is 0 Å². The van der Waals surface area contributed by atoms with Gasteiger partial charge in [-0.1, -0.05) is 42.5 Å².